The number of aryl methyl sites for hydroxylation is 3. The number of nitrogens with one attached hydrogen (secondary N) is 1. The zero-order chi connectivity index (χ0) is 21.4. The van der Waals surface area contributed by atoms with Crippen LogP contribution in [0.25, 0.3) is 22.2 Å². The first kappa shape index (κ1) is 20.4. The van der Waals surface area contributed by atoms with Crippen LogP contribution in [-0.2, 0) is 0 Å². The lowest BCUT2D eigenvalue weighted by molar-refractivity contribution is 0.102. The van der Waals surface area contributed by atoms with Gasteiger partial charge in [-0.1, -0.05) is 47.0 Å². The smallest absolute Gasteiger partial charge is 0.256 e. The van der Waals surface area contributed by atoms with Crippen molar-refractivity contribution in [1.29, 1.82) is 0 Å². The Hall–Kier alpha value is -2.88. The lowest BCUT2D eigenvalue weighted by atomic mass is 9.99. The number of fused-ring (bicyclic) bond motifs is 1. The van der Waals surface area contributed by atoms with Gasteiger partial charge >= 0.3 is 0 Å². The summed E-state index contributed by atoms with van der Waals surface area (Å²) >= 11 is 12.5. The fourth-order valence-electron chi connectivity index (χ4n) is 3.63. The van der Waals surface area contributed by atoms with Gasteiger partial charge in [0.15, 0.2) is 0 Å². The zero-order valence-electron chi connectivity index (χ0n) is 16.9. The molecule has 30 heavy (non-hydrogen) atoms. The molecule has 0 aliphatic heterocycles. The second-order valence-electron chi connectivity index (χ2n) is 7.48. The zero-order valence-corrected chi connectivity index (χ0v) is 18.4. The number of hydrogen-bond acceptors (Lipinski definition) is 2. The second-order valence-corrected chi connectivity index (χ2v) is 8.32. The lowest BCUT2D eigenvalue weighted by Gasteiger charge is -2.14. The van der Waals surface area contributed by atoms with Gasteiger partial charge in [0, 0.05) is 21.7 Å². The average molecular weight is 435 g/mol. The van der Waals surface area contributed by atoms with Crippen LogP contribution < -0.4 is 5.32 Å². The fourth-order valence-corrected chi connectivity index (χ4v) is 4.13. The van der Waals surface area contributed by atoms with Crippen molar-refractivity contribution in [2.45, 2.75) is 20.8 Å². The number of aromatic nitrogens is 1. The number of amides is 1. The largest absolute Gasteiger partial charge is 0.322 e. The standard InChI is InChI=1S/C25H20Cl2N2O/c1-14-5-4-6-18(10-14)28-25(30)21-13-23(19-8-7-17(26)12-22(19)27)29-24-16(3)9-15(2)11-20(21)24/h4-13H,1-3H3,(H,28,30). The summed E-state index contributed by atoms with van der Waals surface area (Å²) in [5.74, 6) is -0.190. The highest BCUT2D eigenvalue weighted by molar-refractivity contribution is 6.36. The molecule has 5 heteroatoms. The van der Waals surface area contributed by atoms with Gasteiger partial charge in [0.25, 0.3) is 5.91 Å². The van der Waals surface area contributed by atoms with Crippen molar-refractivity contribution in [2.24, 2.45) is 0 Å². The van der Waals surface area contributed by atoms with Gasteiger partial charge in [0.2, 0.25) is 0 Å². The van der Waals surface area contributed by atoms with E-state index in [-0.39, 0.29) is 5.91 Å². The van der Waals surface area contributed by atoms with Gasteiger partial charge in [-0.2, -0.15) is 0 Å². The number of nitrogens with zero attached hydrogens (tertiary/aromatic N) is 1. The summed E-state index contributed by atoms with van der Waals surface area (Å²) in [7, 11) is 0. The predicted molar refractivity (Wildman–Crippen MR) is 126 cm³/mol. The van der Waals surface area contributed by atoms with Crippen LogP contribution in [0.2, 0.25) is 10.0 Å². The van der Waals surface area contributed by atoms with Gasteiger partial charge in [-0.3, -0.25) is 4.79 Å². The van der Waals surface area contributed by atoms with Crippen LogP contribution >= 0.6 is 23.2 Å². The van der Waals surface area contributed by atoms with E-state index < -0.39 is 0 Å². The highest BCUT2D eigenvalue weighted by Crippen LogP contribution is 2.33. The molecule has 4 rings (SSSR count). The van der Waals surface area contributed by atoms with Gasteiger partial charge < -0.3 is 5.32 Å². The molecule has 1 heterocycles. The van der Waals surface area contributed by atoms with E-state index in [1.54, 1.807) is 18.2 Å². The number of rotatable bonds is 3. The van der Waals surface area contributed by atoms with E-state index in [0.29, 0.717) is 21.3 Å². The van der Waals surface area contributed by atoms with Crippen LogP contribution in [0, 0.1) is 20.8 Å². The molecule has 0 bridgehead atoms. The van der Waals surface area contributed by atoms with Crippen molar-refractivity contribution >= 4 is 45.7 Å². The summed E-state index contributed by atoms with van der Waals surface area (Å²) < 4.78 is 0. The quantitative estimate of drug-likeness (QED) is 0.365. The molecule has 1 N–H and O–H groups in total. The fraction of sp³-hybridized carbons (Fsp3) is 0.120. The number of benzene rings is 3. The Morgan fingerprint density at radius 2 is 1.70 bits per heavy atom. The SMILES string of the molecule is Cc1cccc(NC(=O)c2cc(-c3ccc(Cl)cc3Cl)nc3c(C)cc(C)cc23)c1. The van der Waals surface area contributed by atoms with E-state index in [2.05, 4.69) is 11.4 Å². The van der Waals surface area contributed by atoms with Crippen molar-refractivity contribution in [3.8, 4) is 11.3 Å². The molecule has 0 aliphatic rings. The molecule has 4 aromatic rings. The molecule has 150 valence electrons. The summed E-state index contributed by atoms with van der Waals surface area (Å²) in [5.41, 5.74) is 6.59. The monoisotopic (exact) mass is 434 g/mol. The third kappa shape index (κ3) is 4.04. The molecule has 0 saturated carbocycles. The molecule has 1 aromatic heterocycles. The second kappa shape index (κ2) is 8.10. The first-order chi connectivity index (χ1) is 14.3. The summed E-state index contributed by atoms with van der Waals surface area (Å²) in [6, 6.07) is 18.8. The molecule has 0 aliphatic carbocycles. The number of halogens is 2. The third-order valence-electron chi connectivity index (χ3n) is 4.98. The Morgan fingerprint density at radius 1 is 0.900 bits per heavy atom. The Bertz CT molecular complexity index is 1300. The van der Waals surface area contributed by atoms with Crippen molar-refractivity contribution in [3.63, 3.8) is 0 Å². The number of carbonyl (C=O) groups excluding carboxylic acids is 1. The minimum Gasteiger partial charge on any atom is -0.322 e. The molecule has 3 nitrogen and oxygen atoms in total. The van der Waals surface area contributed by atoms with E-state index in [0.717, 1.165) is 38.8 Å². The molecule has 0 spiro atoms. The van der Waals surface area contributed by atoms with Gasteiger partial charge in [-0.05, 0) is 74.4 Å². The number of anilines is 1. The van der Waals surface area contributed by atoms with E-state index in [9.17, 15) is 4.79 Å². The summed E-state index contributed by atoms with van der Waals surface area (Å²) in [4.78, 5) is 18.1. The first-order valence-electron chi connectivity index (χ1n) is 9.57. The van der Waals surface area contributed by atoms with Crippen LogP contribution in [-0.4, -0.2) is 10.9 Å². The maximum Gasteiger partial charge on any atom is 0.256 e. The maximum absolute atomic E-state index is 13.3. The maximum atomic E-state index is 13.3. The molecule has 3 aromatic carbocycles. The van der Waals surface area contributed by atoms with Gasteiger partial charge in [0.05, 0.1) is 21.8 Å². The number of carbonyl (C=O) groups is 1. The molecule has 0 unspecified atom stereocenters. The van der Waals surface area contributed by atoms with Crippen molar-refractivity contribution in [1.82, 2.24) is 4.98 Å². The highest BCUT2D eigenvalue weighted by atomic mass is 35.5. The normalized spacial score (nSPS) is 11.0. The van der Waals surface area contributed by atoms with Gasteiger partial charge in [-0.25, -0.2) is 4.98 Å². The van der Waals surface area contributed by atoms with Crippen molar-refractivity contribution in [2.75, 3.05) is 5.32 Å². The minimum absolute atomic E-state index is 0.190. The van der Waals surface area contributed by atoms with E-state index in [1.165, 1.54) is 0 Å². The molecule has 0 saturated heterocycles. The van der Waals surface area contributed by atoms with Crippen LogP contribution in [0.4, 0.5) is 5.69 Å². The first-order valence-corrected chi connectivity index (χ1v) is 10.3. The molecule has 0 radical (unpaired) electrons. The Morgan fingerprint density at radius 3 is 2.43 bits per heavy atom. The molecule has 0 atom stereocenters. The Kier molecular flexibility index (Phi) is 5.50. The molecular weight excluding hydrogens is 415 g/mol. The minimum atomic E-state index is -0.190. The highest BCUT2D eigenvalue weighted by Gasteiger charge is 2.17. The van der Waals surface area contributed by atoms with Gasteiger partial charge in [-0.15, -0.1) is 0 Å². The van der Waals surface area contributed by atoms with Crippen LogP contribution in [0.5, 0.6) is 0 Å². The van der Waals surface area contributed by atoms with E-state index >= 15 is 0 Å². The Balaban J connectivity index is 1.91. The van der Waals surface area contributed by atoms with E-state index in [4.69, 9.17) is 28.2 Å². The third-order valence-corrected chi connectivity index (χ3v) is 5.52. The summed E-state index contributed by atoms with van der Waals surface area (Å²) in [6.07, 6.45) is 0. The summed E-state index contributed by atoms with van der Waals surface area (Å²) in [6.45, 7) is 6.00. The molecule has 1 amide bonds. The summed E-state index contributed by atoms with van der Waals surface area (Å²) in [5, 5.41) is 4.86. The lowest BCUT2D eigenvalue weighted by Crippen LogP contribution is -2.13. The van der Waals surface area contributed by atoms with Gasteiger partial charge in [0.1, 0.15) is 0 Å². The van der Waals surface area contributed by atoms with Crippen molar-refractivity contribution < 1.29 is 4.79 Å². The molecular formula is C25H20Cl2N2O. The molecule has 0 fully saturated rings. The predicted octanol–water partition coefficient (Wildman–Crippen LogP) is 7.39. The number of hydrogen-bond donors (Lipinski definition) is 1. The van der Waals surface area contributed by atoms with Crippen LogP contribution in [0.15, 0.2) is 60.7 Å². The topological polar surface area (TPSA) is 42.0 Å². The van der Waals surface area contributed by atoms with Crippen molar-refractivity contribution in [3.05, 3.63) is 93.0 Å². The Labute approximate surface area is 185 Å². The van der Waals surface area contributed by atoms with Crippen LogP contribution in [0.1, 0.15) is 27.0 Å². The number of pyridine rings is 1. The average Bonchev–Trinajstić information content (AvgIpc) is 2.67. The van der Waals surface area contributed by atoms with E-state index in [1.807, 2.05) is 57.2 Å². The van der Waals surface area contributed by atoms with Crippen LogP contribution in [0.3, 0.4) is 0 Å².